The van der Waals surface area contributed by atoms with Gasteiger partial charge in [-0.2, -0.15) is 0 Å². The topological polar surface area (TPSA) is 82.3 Å². The molecular formula is C22H19Cl3N4O2S. The Morgan fingerprint density at radius 2 is 1.50 bits per heavy atom. The van der Waals surface area contributed by atoms with Crippen LogP contribution < -0.4 is 21.3 Å². The van der Waals surface area contributed by atoms with Crippen molar-refractivity contribution in [2.24, 2.45) is 0 Å². The van der Waals surface area contributed by atoms with Gasteiger partial charge in [-0.1, -0.05) is 77.3 Å². The summed E-state index contributed by atoms with van der Waals surface area (Å²) in [6.07, 6.45) is -1.13. The SMILES string of the molecule is CC(=O)Nc1cccc(NC(=S)NC(NC(=O)c2cccc3ccccc23)C(Cl)(Cl)Cl)c1. The summed E-state index contributed by atoms with van der Waals surface area (Å²) in [5, 5.41) is 12.9. The molecule has 0 aromatic heterocycles. The molecule has 0 heterocycles. The molecule has 0 bridgehead atoms. The lowest BCUT2D eigenvalue weighted by Crippen LogP contribution is -2.56. The molecule has 0 aliphatic heterocycles. The van der Waals surface area contributed by atoms with Crippen molar-refractivity contribution in [3.05, 3.63) is 72.3 Å². The summed E-state index contributed by atoms with van der Waals surface area (Å²) in [6, 6.07) is 19.8. The maximum atomic E-state index is 13.0. The minimum absolute atomic E-state index is 0.111. The highest BCUT2D eigenvalue weighted by molar-refractivity contribution is 7.80. The van der Waals surface area contributed by atoms with Crippen LogP contribution in [0.4, 0.5) is 11.4 Å². The summed E-state index contributed by atoms with van der Waals surface area (Å²) in [5.41, 5.74) is 1.62. The fourth-order valence-electron chi connectivity index (χ4n) is 3.01. The van der Waals surface area contributed by atoms with E-state index in [-0.39, 0.29) is 11.0 Å². The Labute approximate surface area is 205 Å². The predicted octanol–water partition coefficient (Wildman–Crippen LogP) is 5.21. The number of hydrogen-bond acceptors (Lipinski definition) is 3. The quantitative estimate of drug-likeness (QED) is 0.216. The van der Waals surface area contributed by atoms with Crippen LogP contribution in [0.25, 0.3) is 10.8 Å². The molecule has 0 spiro atoms. The van der Waals surface area contributed by atoms with Crippen molar-refractivity contribution in [2.45, 2.75) is 16.9 Å². The van der Waals surface area contributed by atoms with Gasteiger partial charge in [0.15, 0.2) is 5.11 Å². The zero-order valence-electron chi connectivity index (χ0n) is 16.8. The smallest absolute Gasteiger partial charge is 0.253 e. The highest BCUT2D eigenvalue weighted by Gasteiger charge is 2.35. The molecule has 10 heteroatoms. The predicted molar refractivity (Wildman–Crippen MR) is 136 cm³/mol. The van der Waals surface area contributed by atoms with Crippen molar-refractivity contribution in [3.8, 4) is 0 Å². The Balaban J connectivity index is 1.74. The van der Waals surface area contributed by atoms with E-state index in [0.717, 1.165) is 10.8 Å². The molecule has 0 saturated heterocycles. The molecule has 4 N–H and O–H groups in total. The summed E-state index contributed by atoms with van der Waals surface area (Å²) in [6.45, 7) is 1.41. The van der Waals surface area contributed by atoms with Crippen molar-refractivity contribution in [1.29, 1.82) is 0 Å². The third-order valence-electron chi connectivity index (χ3n) is 4.35. The number of nitrogens with one attached hydrogen (secondary N) is 4. The molecule has 1 unspecified atom stereocenters. The van der Waals surface area contributed by atoms with Crippen LogP contribution in [-0.4, -0.2) is 26.9 Å². The van der Waals surface area contributed by atoms with Crippen molar-refractivity contribution in [3.63, 3.8) is 0 Å². The molecule has 3 aromatic carbocycles. The Kier molecular flexibility index (Phi) is 7.79. The molecule has 3 rings (SSSR count). The van der Waals surface area contributed by atoms with Crippen molar-refractivity contribution in [1.82, 2.24) is 10.6 Å². The molecule has 0 aliphatic carbocycles. The maximum absolute atomic E-state index is 13.0. The number of halogens is 3. The summed E-state index contributed by atoms with van der Waals surface area (Å²) in [4.78, 5) is 24.2. The standard InChI is InChI=1S/C22H19Cl3N4O2S/c1-13(30)26-15-8-5-9-16(12-15)27-21(32)29-20(22(23,24)25)28-19(31)18-11-4-7-14-6-2-3-10-17(14)18/h2-12,20H,1H3,(H,26,30)(H,28,31)(H2,27,29,32). The van der Waals surface area contributed by atoms with Crippen LogP contribution in [0.1, 0.15) is 17.3 Å². The second kappa shape index (κ2) is 10.4. The van der Waals surface area contributed by atoms with Gasteiger partial charge in [-0.05, 0) is 47.3 Å². The highest BCUT2D eigenvalue weighted by atomic mass is 35.6. The molecule has 0 radical (unpaired) electrons. The van der Waals surface area contributed by atoms with E-state index in [1.165, 1.54) is 6.92 Å². The average molecular weight is 510 g/mol. The molecule has 0 fully saturated rings. The Bertz CT molecular complexity index is 1160. The monoisotopic (exact) mass is 508 g/mol. The first-order valence-electron chi connectivity index (χ1n) is 9.44. The minimum Gasteiger partial charge on any atom is -0.339 e. The Hall–Kier alpha value is -2.58. The van der Waals surface area contributed by atoms with Crippen LogP contribution in [0, 0.1) is 0 Å². The summed E-state index contributed by atoms with van der Waals surface area (Å²) in [5.74, 6) is -0.628. The van der Waals surface area contributed by atoms with Gasteiger partial charge in [-0.25, -0.2) is 0 Å². The van der Waals surface area contributed by atoms with Crippen LogP contribution in [0.2, 0.25) is 0 Å². The number of carbonyl (C=O) groups is 2. The van der Waals surface area contributed by atoms with Crippen molar-refractivity contribution >= 4 is 86.1 Å². The summed E-state index contributed by atoms with van der Waals surface area (Å²) < 4.78 is -1.90. The number of alkyl halides is 3. The number of carbonyl (C=O) groups excluding carboxylic acids is 2. The first kappa shape index (κ1) is 24.1. The van der Waals surface area contributed by atoms with Crippen LogP contribution in [0.3, 0.4) is 0 Å². The van der Waals surface area contributed by atoms with Crippen LogP contribution in [0.15, 0.2) is 66.7 Å². The van der Waals surface area contributed by atoms with Crippen LogP contribution >= 0.6 is 47.0 Å². The number of thiocarbonyl (C=S) groups is 1. The second-order valence-electron chi connectivity index (χ2n) is 6.84. The largest absolute Gasteiger partial charge is 0.339 e. The Morgan fingerprint density at radius 3 is 2.19 bits per heavy atom. The van der Waals surface area contributed by atoms with Gasteiger partial charge < -0.3 is 21.3 Å². The Morgan fingerprint density at radius 1 is 0.875 bits per heavy atom. The van der Waals surface area contributed by atoms with Crippen LogP contribution in [-0.2, 0) is 4.79 Å². The second-order valence-corrected chi connectivity index (χ2v) is 9.61. The zero-order valence-corrected chi connectivity index (χ0v) is 19.9. The van der Waals surface area contributed by atoms with Gasteiger partial charge in [0.2, 0.25) is 9.70 Å². The van der Waals surface area contributed by atoms with E-state index in [2.05, 4.69) is 21.3 Å². The molecule has 2 amide bonds. The van der Waals surface area contributed by atoms with E-state index in [0.29, 0.717) is 16.9 Å². The maximum Gasteiger partial charge on any atom is 0.253 e. The van der Waals surface area contributed by atoms with Gasteiger partial charge in [0.25, 0.3) is 5.91 Å². The molecule has 0 aliphatic rings. The third kappa shape index (κ3) is 6.46. The van der Waals surface area contributed by atoms with E-state index < -0.39 is 15.9 Å². The lowest BCUT2D eigenvalue weighted by molar-refractivity contribution is -0.114. The van der Waals surface area contributed by atoms with E-state index >= 15 is 0 Å². The van der Waals surface area contributed by atoms with Crippen molar-refractivity contribution < 1.29 is 9.59 Å². The van der Waals surface area contributed by atoms with Gasteiger partial charge in [0, 0.05) is 23.9 Å². The fourth-order valence-corrected chi connectivity index (χ4v) is 3.57. The number of amides is 2. The molecule has 0 saturated carbocycles. The fraction of sp³-hybridized carbons (Fsp3) is 0.136. The average Bonchev–Trinajstić information content (AvgIpc) is 2.72. The van der Waals surface area contributed by atoms with E-state index in [1.54, 1.807) is 36.4 Å². The molecule has 166 valence electrons. The number of benzene rings is 3. The van der Waals surface area contributed by atoms with Crippen LogP contribution in [0.5, 0.6) is 0 Å². The lowest BCUT2D eigenvalue weighted by Gasteiger charge is -2.28. The third-order valence-corrected chi connectivity index (χ3v) is 5.23. The van der Waals surface area contributed by atoms with Gasteiger partial charge in [0.05, 0.1) is 0 Å². The first-order chi connectivity index (χ1) is 15.1. The number of hydrogen-bond donors (Lipinski definition) is 4. The van der Waals surface area contributed by atoms with E-state index in [4.69, 9.17) is 47.0 Å². The molecule has 3 aromatic rings. The van der Waals surface area contributed by atoms with Gasteiger partial charge >= 0.3 is 0 Å². The minimum atomic E-state index is -1.90. The summed E-state index contributed by atoms with van der Waals surface area (Å²) in [7, 11) is 0. The normalized spacial score (nSPS) is 12.0. The molecule has 1 atom stereocenters. The summed E-state index contributed by atoms with van der Waals surface area (Å²) >= 11 is 23.6. The van der Waals surface area contributed by atoms with E-state index in [9.17, 15) is 9.59 Å². The molecule has 6 nitrogen and oxygen atoms in total. The lowest BCUT2D eigenvalue weighted by atomic mass is 10.0. The zero-order chi connectivity index (χ0) is 23.3. The van der Waals surface area contributed by atoms with Crippen molar-refractivity contribution in [2.75, 3.05) is 10.6 Å². The van der Waals surface area contributed by atoms with E-state index in [1.807, 2.05) is 30.3 Å². The highest BCUT2D eigenvalue weighted by Crippen LogP contribution is 2.30. The van der Waals surface area contributed by atoms with Gasteiger partial charge in [-0.3, -0.25) is 9.59 Å². The molecule has 32 heavy (non-hydrogen) atoms. The molecular weight excluding hydrogens is 491 g/mol. The number of anilines is 2. The number of fused-ring (bicyclic) bond motifs is 1. The van der Waals surface area contributed by atoms with Gasteiger partial charge in [0.1, 0.15) is 6.17 Å². The van der Waals surface area contributed by atoms with Gasteiger partial charge in [-0.15, -0.1) is 0 Å². The first-order valence-corrected chi connectivity index (χ1v) is 11.0. The number of rotatable bonds is 5.